The number of carbonyl (C=O) groups is 1. The summed E-state index contributed by atoms with van der Waals surface area (Å²) in [5.74, 6) is 0.701. The van der Waals surface area contributed by atoms with Gasteiger partial charge in [-0.2, -0.15) is 0 Å². The lowest BCUT2D eigenvalue weighted by atomic mass is 9.99. The van der Waals surface area contributed by atoms with Crippen LogP contribution in [0.2, 0.25) is 5.02 Å². The molecule has 0 amide bonds. The molecule has 0 spiro atoms. The van der Waals surface area contributed by atoms with Crippen molar-refractivity contribution >= 4 is 28.7 Å². The van der Waals surface area contributed by atoms with Crippen LogP contribution in [0.15, 0.2) is 60.7 Å². The Morgan fingerprint density at radius 2 is 1.61 bits per heavy atom. The second kappa shape index (κ2) is 12.5. The molecule has 0 radical (unpaired) electrons. The summed E-state index contributed by atoms with van der Waals surface area (Å²) in [6.45, 7) is 4.41. The molecule has 0 bridgehead atoms. The van der Waals surface area contributed by atoms with Crippen LogP contribution in [0.3, 0.4) is 0 Å². The molecule has 8 nitrogen and oxygen atoms in total. The van der Waals surface area contributed by atoms with E-state index in [2.05, 4.69) is 9.72 Å². The van der Waals surface area contributed by atoms with E-state index in [-0.39, 0.29) is 18.5 Å². The fraction of sp³-hybridized carbons (Fsp3) is 0.241. The molecule has 0 saturated heterocycles. The molecule has 3 aromatic carbocycles. The second-order valence-electron chi connectivity index (χ2n) is 8.99. The zero-order chi connectivity index (χ0) is 29.7. The zero-order valence-corrected chi connectivity index (χ0v) is 22.9. The molecule has 216 valence electrons. The van der Waals surface area contributed by atoms with Crippen LogP contribution in [0.4, 0.5) is 18.0 Å². The SMILES string of the molecule is Cc1nc2cc(CO)c(Cl)cc2c(OCOC(=O)OC(C)C)c1-c1ccc(Oc2ccc(OC(F)(F)F)cc2)cc1. The summed E-state index contributed by atoms with van der Waals surface area (Å²) in [5, 5.41) is 10.5. The molecule has 41 heavy (non-hydrogen) atoms. The number of alkyl halides is 3. The number of nitrogens with zero attached hydrogens (tertiary/aromatic N) is 1. The Kier molecular flexibility index (Phi) is 9.09. The highest BCUT2D eigenvalue weighted by molar-refractivity contribution is 6.32. The molecule has 1 N–H and O–H groups in total. The number of halogens is 4. The first-order valence-electron chi connectivity index (χ1n) is 12.3. The molecule has 1 heterocycles. The largest absolute Gasteiger partial charge is 0.573 e. The topological polar surface area (TPSA) is 96.3 Å². The van der Waals surface area contributed by atoms with E-state index >= 15 is 0 Å². The Morgan fingerprint density at radius 3 is 2.20 bits per heavy atom. The molecule has 4 aromatic rings. The zero-order valence-electron chi connectivity index (χ0n) is 22.1. The fourth-order valence-electron chi connectivity index (χ4n) is 3.92. The lowest BCUT2D eigenvalue weighted by Gasteiger charge is -2.18. The lowest BCUT2D eigenvalue weighted by Crippen LogP contribution is -2.16. The van der Waals surface area contributed by atoms with Gasteiger partial charge in [0, 0.05) is 21.7 Å². The summed E-state index contributed by atoms with van der Waals surface area (Å²) in [6, 6.07) is 15.1. The van der Waals surface area contributed by atoms with Gasteiger partial charge in [0.1, 0.15) is 23.0 Å². The van der Waals surface area contributed by atoms with Crippen molar-refractivity contribution in [3.8, 4) is 34.1 Å². The van der Waals surface area contributed by atoms with Gasteiger partial charge < -0.3 is 28.8 Å². The van der Waals surface area contributed by atoms with Crippen molar-refractivity contribution in [2.75, 3.05) is 6.79 Å². The molecule has 0 aliphatic carbocycles. The Morgan fingerprint density at radius 1 is 1.00 bits per heavy atom. The first kappa shape index (κ1) is 29.8. The third-order valence-electron chi connectivity index (χ3n) is 5.60. The minimum Gasteiger partial charge on any atom is -0.457 e. The molecule has 0 unspecified atom stereocenters. The van der Waals surface area contributed by atoms with Gasteiger partial charge in [0.15, 0.2) is 0 Å². The molecule has 0 aliphatic rings. The Hall–Kier alpha value is -4.22. The van der Waals surface area contributed by atoms with Crippen molar-refractivity contribution in [2.24, 2.45) is 0 Å². The van der Waals surface area contributed by atoms with Gasteiger partial charge in [-0.05, 0) is 80.4 Å². The number of pyridine rings is 1. The van der Waals surface area contributed by atoms with E-state index in [0.717, 1.165) is 12.1 Å². The Labute approximate surface area is 238 Å². The van der Waals surface area contributed by atoms with E-state index in [1.807, 2.05) is 0 Å². The normalized spacial score (nSPS) is 11.4. The quantitative estimate of drug-likeness (QED) is 0.155. The number of ether oxygens (including phenoxy) is 5. The van der Waals surface area contributed by atoms with Crippen molar-refractivity contribution in [1.29, 1.82) is 0 Å². The summed E-state index contributed by atoms with van der Waals surface area (Å²) in [7, 11) is 0. The van der Waals surface area contributed by atoms with Crippen LogP contribution in [0.1, 0.15) is 25.1 Å². The number of hydrogen-bond acceptors (Lipinski definition) is 8. The van der Waals surface area contributed by atoms with Crippen LogP contribution in [0, 0.1) is 6.92 Å². The molecule has 0 fully saturated rings. The maximum absolute atomic E-state index is 12.4. The first-order valence-corrected chi connectivity index (χ1v) is 12.6. The summed E-state index contributed by atoms with van der Waals surface area (Å²) in [5.41, 5.74) is 2.85. The number of aromatic nitrogens is 1. The van der Waals surface area contributed by atoms with E-state index in [0.29, 0.717) is 55.6 Å². The molecule has 12 heteroatoms. The van der Waals surface area contributed by atoms with Crippen LogP contribution >= 0.6 is 11.6 Å². The highest BCUT2D eigenvalue weighted by Gasteiger charge is 2.31. The molecule has 1 aromatic heterocycles. The summed E-state index contributed by atoms with van der Waals surface area (Å²) in [4.78, 5) is 16.5. The number of rotatable bonds is 9. The van der Waals surface area contributed by atoms with Gasteiger partial charge in [-0.3, -0.25) is 4.98 Å². The van der Waals surface area contributed by atoms with Crippen LogP contribution < -0.4 is 14.2 Å². The standard InChI is InChI=1S/C29H25ClF3NO7/c1-16(2)39-28(36)38-15-37-27-23-13-24(30)19(14-35)12-25(23)34-17(3)26(27)18-4-6-20(7-5-18)40-21-8-10-22(11-9-21)41-29(31,32)33/h4-13,16,35H,14-15H2,1-3H3. The molecule has 0 saturated carbocycles. The van der Waals surface area contributed by atoms with Crippen molar-refractivity contribution in [3.63, 3.8) is 0 Å². The predicted octanol–water partition coefficient (Wildman–Crippen LogP) is 7.94. The number of carbonyl (C=O) groups excluding carboxylic acids is 1. The van der Waals surface area contributed by atoms with Crippen molar-refractivity contribution < 1.29 is 46.8 Å². The maximum Gasteiger partial charge on any atom is 0.573 e. The van der Waals surface area contributed by atoms with E-state index in [4.69, 9.17) is 30.5 Å². The van der Waals surface area contributed by atoms with Gasteiger partial charge in [-0.15, -0.1) is 13.2 Å². The van der Waals surface area contributed by atoms with Crippen LogP contribution in [0.5, 0.6) is 23.0 Å². The van der Waals surface area contributed by atoms with Gasteiger partial charge in [0.25, 0.3) is 0 Å². The van der Waals surface area contributed by atoms with E-state index in [9.17, 15) is 23.1 Å². The van der Waals surface area contributed by atoms with Gasteiger partial charge in [0.05, 0.1) is 18.2 Å². The monoisotopic (exact) mass is 591 g/mol. The number of fused-ring (bicyclic) bond motifs is 1. The van der Waals surface area contributed by atoms with Crippen molar-refractivity contribution in [1.82, 2.24) is 4.98 Å². The van der Waals surface area contributed by atoms with Crippen molar-refractivity contribution in [2.45, 2.75) is 39.8 Å². The summed E-state index contributed by atoms with van der Waals surface area (Å²) < 4.78 is 62.8. The molecule has 0 aliphatic heterocycles. The minimum absolute atomic E-state index is 0.281. The highest BCUT2D eigenvalue weighted by atomic mass is 35.5. The van der Waals surface area contributed by atoms with Crippen LogP contribution in [-0.2, 0) is 16.1 Å². The van der Waals surface area contributed by atoms with Gasteiger partial charge >= 0.3 is 12.5 Å². The van der Waals surface area contributed by atoms with Gasteiger partial charge in [0.2, 0.25) is 6.79 Å². The highest BCUT2D eigenvalue weighted by Crippen LogP contribution is 2.41. The van der Waals surface area contributed by atoms with Crippen molar-refractivity contribution in [3.05, 3.63) is 76.9 Å². The number of aliphatic hydroxyl groups excluding tert-OH is 1. The number of benzene rings is 3. The third-order valence-corrected chi connectivity index (χ3v) is 5.96. The molecule has 0 atom stereocenters. The first-order chi connectivity index (χ1) is 19.4. The Balaban J connectivity index is 1.63. The van der Waals surface area contributed by atoms with Crippen LogP contribution in [-0.4, -0.2) is 35.5 Å². The van der Waals surface area contributed by atoms with Gasteiger partial charge in [-0.1, -0.05) is 23.7 Å². The predicted molar refractivity (Wildman–Crippen MR) is 144 cm³/mol. The van der Waals surface area contributed by atoms with Crippen LogP contribution in [0.25, 0.3) is 22.0 Å². The average molecular weight is 592 g/mol. The summed E-state index contributed by atoms with van der Waals surface area (Å²) >= 11 is 6.37. The second-order valence-corrected chi connectivity index (χ2v) is 9.40. The number of aliphatic hydroxyl groups is 1. The Bertz CT molecular complexity index is 1530. The van der Waals surface area contributed by atoms with E-state index < -0.39 is 19.3 Å². The number of hydrogen-bond donors (Lipinski definition) is 1. The van der Waals surface area contributed by atoms with E-state index in [1.54, 1.807) is 57.2 Å². The molecule has 4 rings (SSSR count). The molecular weight excluding hydrogens is 567 g/mol. The van der Waals surface area contributed by atoms with E-state index in [1.165, 1.54) is 12.1 Å². The van der Waals surface area contributed by atoms with Gasteiger partial charge in [-0.25, -0.2) is 4.79 Å². The minimum atomic E-state index is -4.79. The smallest absolute Gasteiger partial charge is 0.457 e. The third kappa shape index (κ3) is 7.71. The maximum atomic E-state index is 12.4. The number of aryl methyl sites for hydroxylation is 1. The molecular formula is C29H25ClF3NO7. The average Bonchev–Trinajstić information content (AvgIpc) is 2.89. The summed E-state index contributed by atoms with van der Waals surface area (Å²) in [6.07, 6.45) is -6.05. The fourth-order valence-corrected chi connectivity index (χ4v) is 4.15. The lowest BCUT2D eigenvalue weighted by molar-refractivity contribution is -0.274.